The van der Waals surface area contributed by atoms with E-state index in [9.17, 15) is 8.42 Å². The number of benzene rings is 1. The fourth-order valence-corrected chi connectivity index (χ4v) is 3.77. The lowest BCUT2D eigenvalue weighted by Gasteiger charge is -2.37. The molecule has 0 spiro atoms. The second-order valence-electron chi connectivity index (χ2n) is 5.01. The molecule has 6 nitrogen and oxygen atoms in total. The van der Waals surface area contributed by atoms with E-state index in [1.165, 1.54) is 28.7 Å². The van der Waals surface area contributed by atoms with Crippen LogP contribution in [0.1, 0.15) is 5.56 Å². The molecule has 3 rings (SSSR count). The average Bonchev–Trinajstić information content (AvgIpc) is 2.51. The van der Waals surface area contributed by atoms with Crippen LogP contribution >= 0.6 is 11.6 Å². The molecular weight excluding hydrogens is 338 g/mol. The average molecular weight is 350 g/mol. The van der Waals surface area contributed by atoms with Gasteiger partial charge in [-0.2, -0.15) is 9.57 Å². The zero-order chi connectivity index (χ0) is 16.4. The van der Waals surface area contributed by atoms with E-state index in [1.807, 2.05) is 6.07 Å². The van der Waals surface area contributed by atoms with E-state index in [4.69, 9.17) is 21.6 Å². The summed E-state index contributed by atoms with van der Waals surface area (Å²) >= 11 is 5.77. The molecule has 23 heavy (non-hydrogen) atoms. The van der Waals surface area contributed by atoms with Crippen LogP contribution in [0.25, 0.3) is 0 Å². The Morgan fingerprint density at radius 2 is 1.96 bits per heavy atom. The summed E-state index contributed by atoms with van der Waals surface area (Å²) in [4.78, 5) is 4.21. The molecule has 1 saturated heterocycles. The van der Waals surface area contributed by atoms with E-state index >= 15 is 0 Å². The molecule has 2 heterocycles. The van der Waals surface area contributed by atoms with Gasteiger partial charge in [0.2, 0.25) is 15.9 Å². The molecule has 2 aromatic rings. The Balaban J connectivity index is 1.64. The molecule has 8 heteroatoms. The van der Waals surface area contributed by atoms with Crippen LogP contribution in [0, 0.1) is 11.3 Å². The maximum Gasteiger partial charge on any atom is 0.243 e. The van der Waals surface area contributed by atoms with Gasteiger partial charge in [0.1, 0.15) is 6.10 Å². The third-order valence-electron chi connectivity index (χ3n) is 3.42. The van der Waals surface area contributed by atoms with Crippen LogP contribution in [-0.2, 0) is 10.0 Å². The molecule has 0 N–H and O–H groups in total. The molecule has 0 atom stereocenters. The van der Waals surface area contributed by atoms with Gasteiger partial charge in [-0.3, -0.25) is 0 Å². The Morgan fingerprint density at radius 1 is 1.26 bits per heavy atom. The lowest BCUT2D eigenvalue weighted by Crippen LogP contribution is -2.56. The first kappa shape index (κ1) is 15.7. The Labute approximate surface area is 138 Å². The minimum absolute atomic E-state index is 0.199. The summed E-state index contributed by atoms with van der Waals surface area (Å²) in [7, 11) is -3.54. The van der Waals surface area contributed by atoms with E-state index in [2.05, 4.69) is 4.98 Å². The zero-order valence-corrected chi connectivity index (χ0v) is 13.5. The van der Waals surface area contributed by atoms with Crippen molar-refractivity contribution in [3.63, 3.8) is 0 Å². The van der Waals surface area contributed by atoms with Crippen LogP contribution in [0.2, 0.25) is 5.02 Å². The van der Waals surface area contributed by atoms with Crippen LogP contribution in [0.5, 0.6) is 5.88 Å². The van der Waals surface area contributed by atoms with Gasteiger partial charge in [-0.1, -0.05) is 11.6 Å². The predicted octanol–water partition coefficient (Wildman–Crippen LogP) is 2.06. The number of hydrogen-bond acceptors (Lipinski definition) is 5. The van der Waals surface area contributed by atoms with Gasteiger partial charge >= 0.3 is 0 Å². The number of nitriles is 1. The monoisotopic (exact) mass is 349 g/mol. The molecular formula is C15H12ClN3O3S. The number of ether oxygens (including phenoxy) is 1. The molecule has 1 aromatic heterocycles. The maximum absolute atomic E-state index is 12.4. The van der Waals surface area contributed by atoms with Crippen molar-refractivity contribution in [2.24, 2.45) is 0 Å². The summed E-state index contributed by atoms with van der Waals surface area (Å²) in [5, 5.41) is 9.31. The predicted molar refractivity (Wildman–Crippen MR) is 83.6 cm³/mol. The molecule has 0 radical (unpaired) electrons. The third kappa shape index (κ3) is 3.29. The van der Waals surface area contributed by atoms with Gasteiger partial charge < -0.3 is 4.74 Å². The maximum atomic E-state index is 12.4. The van der Waals surface area contributed by atoms with Crippen molar-refractivity contribution in [2.75, 3.05) is 13.1 Å². The molecule has 0 amide bonds. The van der Waals surface area contributed by atoms with Crippen LogP contribution in [0.3, 0.4) is 0 Å². The van der Waals surface area contributed by atoms with Crippen molar-refractivity contribution < 1.29 is 13.2 Å². The van der Waals surface area contributed by atoms with Crippen molar-refractivity contribution in [1.82, 2.24) is 9.29 Å². The van der Waals surface area contributed by atoms with E-state index in [1.54, 1.807) is 18.2 Å². The molecule has 1 aliphatic heterocycles. The smallest absolute Gasteiger partial charge is 0.243 e. The summed E-state index contributed by atoms with van der Waals surface area (Å²) in [6.07, 6.45) is 1.20. The minimum Gasteiger partial charge on any atom is -0.471 e. The Hall–Kier alpha value is -2.14. The van der Waals surface area contributed by atoms with Crippen molar-refractivity contribution in [3.05, 3.63) is 53.2 Å². The van der Waals surface area contributed by atoms with E-state index in [-0.39, 0.29) is 24.1 Å². The summed E-state index contributed by atoms with van der Waals surface area (Å²) < 4.78 is 31.7. The summed E-state index contributed by atoms with van der Waals surface area (Å²) in [5.41, 5.74) is 0.444. The Kier molecular flexibility index (Phi) is 4.22. The fraction of sp³-hybridized carbons (Fsp3) is 0.200. The van der Waals surface area contributed by atoms with E-state index < -0.39 is 10.0 Å². The first-order valence-electron chi connectivity index (χ1n) is 6.77. The van der Waals surface area contributed by atoms with Crippen molar-refractivity contribution >= 4 is 21.6 Å². The second kappa shape index (κ2) is 6.16. The van der Waals surface area contributed by atoms with E-state index in [0.29, 0.717) is 16.5 Å². The Morgan fingerprint density at radius 3 is 2.61 bits per heavy atom. The van der Waals surface area contributed by atoms with Crippen molar-refractivity contribution in [2.45, 2.75) is 11.0 Å². The largest absolute Gasteiger partial charge is 0.471 e. The molecule has 1 fully saturated rings. The van der Waals surface area contributed by atoms with Crippen LogP contribution in [0.15, 0.2) is 47.5 Å². The molecule has 0 saturated carbocycles. The van der Waals surface area contributed by atoms with Gasteiger partial charge in [-0.05, 0) is 30.3 Å². The molecule has 118 valence electrons. The number of nitrogens with zero attached hydrogens (tertiary/aromatic N) is 3. The highest BCUT2D eigenvalue weighted by Crippen LogP contribution is 2.25. The van der Waals surface area contributed by atoms with Crippen molar-refractivity contribution in [1.29, 1.82) is 5.26 Å². The SMILES string of the molecule is N#Cc1ccnc(OC2CN(S(=O)(=O)c3ccc(Cl)cc3)C2)c1. The quantitative estimate of drug-likeness (QED) is 0.843. The van der Waals surface area contributed by atoms with Gasteiger partial charge in [0, 0.05) is 17.3 Å². The van der Waals surface area contributed by atoms with E-state index in [0.717, 1.165) is 0 Å². The third-order valence-corrected chi connectivity index (χ3v) is 5.52. The summed E-state index contributed by atoms with van der Waals surface area (Å²) in [6.45, 7) is 0.479. The second-order valence-corrected chi connectivity index (χ2v) is 7.38. The van der Waals surface area contributed by atoms with Crippen molar-refractivity contribution in [3.8, 4) is 11.9 Å². The lowest BCUT2D eigenvalue weighted by molar-refractivity contribution is 0.0720. The standard InChI is InChI=1S/C15H12ClN3O3S/c16-12-1-3-14(4-2-12)23(20,21)19-9-13(10-19)22-15-7-11(8-17)5-6-18-15/h1-7,13H,9-10H2. The number of halogens is 1. The highest BCUT2D eigenvalue weighted by Gasteiger charge is 2.38. The van der Waals surface area contributed by atoms with Crippen LogP contribution in [-0.4, -0.2) is 36.9 Å². The number of sulfonamides is 1. The van der Waals surface area contributed by atoms with Gasteiger partial charge in [0.05, 0.1) is 29.6 Å². The van der Waals surface area contributed by atoms with Gasteiger partial charge in [-0.25, -0.2) is 13.4 Å². The number of pyridine rings is 1. The lowest BCUT2D eigenvalue weighted by atomic mass is 10.2. The van der Waals surface area contributed by atoms with Crippen LogP contribution < -0.4 is 4.74 Å². The topological polar surface area (TPSA) is 83.3 Å². The molecule has 0 bridgehead atoms. The first-order valence-corrected chi connectivity index (χ1v) is 8.59. The normalized spacial score (nSPS) is 15.7. The molecule has 0 unspecified atom stereocenters. The molecule has 1 aliphatic rings. The number of rotatable bonds is 4. The van der Waals surface area contributed by atoms with Gasteiger partial charge in [0.25, 0.3) is 0 Å². The zero-order valence-electron chi connectivity index (χ0n) is 11.9. The van der Waals surface area contributed by atoms with Gasteiger partial charge in [0.15, 0.2) is 0 Å². The first-order chi connectivity index (χ1) is 11.0. The van der Waals surface area contributed by atoms with Gasteiger partial charge in [-0.15, -0.1) is 0 Å². The summed E-state index contributed by atoms with van der Waals surface area (Å²) in [6, 6.07) is 11.1. The minimum atomic E-state index is -3.54. The summed E-state index contributed by atoms with van der Waals surface area (Å²) in [5.74, 6) is 0.317. The number of aromatic nitrogens is 1. The fourth-order valence-electron chi connectivity index (χ4n) is 2.14. The highest BCUT2D eigenvalue weighted by molar-refractivity contribution is 7.89. The Bertz CT molecular complexity index is 856. The van der Waals surface area contributed by atoms with Crippen LogP contribution in [0.4, 0.5) is 0 Å². The molecule has 0 aliphatic carbocycles. The highest BCUT2D eigenvalue weighted by atomic mass is 35.5. The molecule has 1 aromatic carbocycles. The number of hydrogen-bond donors (Lipinski definition) is 0.